The van der Waals surface area contributed by atoms with E-state index in [1.54, 1.807) is 6.92 Å². The zero-order valence-electron chi connectivity index (χ0n) is 11.4. The van der Waals surface area contributed by atoms with E-state index in [9.17, 15) is 18.3 Å². The summed E-state index contributed by atoms with van der Waals surface area (Å²) >= 11 is 0. The monoisotopic (exact) mass is 288 g/mol. The maximum absolute atomic E-state index is 12.6. The van der Waals surface area contributed by atoms with E-state index in [4.69, 9.17) is 5.73 Å². The Kier molecular flexibility index (Phi) is 3.86. The zero-order valence-corrected chi connectivity index (χ0v) is 11.4. The lowest BCUT2D eigenvalue weighted by Crippen LogP contribution is -2.28. The van der Waals surface area contributed by atoms with Gasteiger partial charge in [0.05, 0.1) is 22.5 Å². The van der Waals surface area contributed by atoms with Gasteiger partial charge in [-0.3, -0.25) is 0 Å². The quantitative estimate of drug-likeness (QED) is 0.781. The Labute approximate surface area is 116 Å². The van der Waals surface area contributed by atoms with Gasteiger partial charge < -0.3 is 15.7 Å². The number of anilines is 2. The van der Waals surface area contributed by atoms with Crippen LogP contribution in [0, 0.1) is 0 Å². The second-order valence-corrected chi connectivity index (χ2v) is 5.61. The zero-order chi connectivity index (χ0) is 15.0. The van der Waals surface area contributed by atoms with Gasteiger partial charge in [0.1, 0.15) is 0 Å². The van der Waals surface area contributed by atoms with Crippen molar-refractivity contribution >= 4 is 11.4 Å². The van der Waals surface area contributed by atoms with Crippen molar-refractivity contribution in [2.24, 2.45) is 0 Å². The highest BCUT2D eigenvalue weighted by molar-refractivity contribution is 5.68. The van der Waals surface area contributed by atoms with Crippen LogP contribution in [0.4, 0.5) is 24.5 Å². The van der Waals surface area contributed by atoms with Crippen LogP contribution >= 0.6 is 0 Å². The number of nitrogens with two attached hydrogens (primary N) is 1. The number of alkyl halides is 3. The lowest BCUT2D eigenvalue weighted by Gasteiger charge is -2.26. The van der Waals surface area contributed by atoms with Crippen LogP contribution in [0.3, 0.4) is 0 Å². The molecular formula is C14H19F3N2O. The van der Waals surface area contributed by atoms with Gasteiger partial charge in [-0.2, -0.15) is 13.2 Å². The summed E-state index contributed by atoms with van der Waals surface area (Å²) in [5.41, 5.74) is 5.05. The number of hydrogen-bond acceptors (Lipinski definition) is 3. The van der Waals surface area contributed by atoms with E-state index in [1.165, 1.54) is 6.07 Å². The Balaban J connectivity index is 2.21. The molecule has 1 atom stereocenters. The Bertz CT molecular complexity index is 486. The molecular weight excluding hydrogens is 269 g/mol. The van der Waals surface area contributed by atoms with Gasteiger partial charge in [0.2, 0.25) is 0 Å². The predicted molar refractivity (Wildman–Crippen MR) is 72.5 cm³/mol. The summed E-state index contributed by atoms with van der Waals surface area (Å²) < 4.78 is 37.8. The number of nitrogen functional groups attached to an aromatic ring is 1. The van der Waals surface area contributed by atoms with E-state index in [2.05, 4.69) is 0 Å². The summed E-state index contributed by atoms with van der Waals surface area (Å²) in [4.78, 5) is 1.94. The first-order valence-electron chi connectivity index (χ1n) is 6.63. The summed E-state index contributed by atoms with van der Waals surface area (Å²) in [5, 5.41) is 10.0. The summed E-state index contributed by atoms with van der Waals surface area (Å²) in [7, 11) is 0. The average molecular weight is 288 g/mol. The minimum atomic E-state index is -4.38. The SMILES string of the molecule is CC1(O)CCCN(c2ccc(C(F)(F)F)cc2N)CC1. The van der Waals surface area contributed by atoms with E-state index < -0.39 is 17.3 Å². The summed E-state index contributed by atoms with van der Waals surface area (Å²) in [5.74, 6) is 0. The van der Waals surface area contributed by atoms with Gasteiger partial charge >= 0.3 is 6.18 Å². The molecule has 1 fully saturated rings. The maximum Gasteiger partial charge on any atom is 0.416 e. The first kappa shape index (κ1) is 15.0. The smallest absolute Gasteiger partial charge is 0.397 e. The maximum atomic E-state index is 12.6. The largest absolute Gasteiger partial charge is 0.416 e. The molecule has 6 heteroatoms. The van der Waals surface area contributed by atoms with Crippen LogP contribution in [0.15, 0.2) is 18.2 Å². The van der Waals surface area contributed by atoms with Crippen molar-refractivity contribution in [2.45, 2.75) is 38.0 Å². The Morgan fingerprint density at radius 3 is 2.55 bits per heavy atom. The first-order valence-corrected chi connectivity index (χ1v) is 6.63. The molecule has 0 saturated carbocycles. The minimum Gasteiger partial charge on any atom is -0.397 e. The molecule has 112 valence electrons. The first-order chi connectivity index (χ1) is 9.19. The van der Waals surface area contributed by atoms with Gasteiger partial charge in [-0.1, -0.05) is 0 Å². The van der Waals surface area contributed by atoms with Crippen molar-refractivity contribution in [1.29, 1.82) is 0 Å². The molecule has 1 unspecified atom stereocenters. The molecule has 1 aromatic rings. The fourth-order valence-electron chi connectivity index (χ4n) is 2.52. The molecule has 1 aliphatic heterocycles. The predicted octanol–water partition coefficient (Wildman–Crippen LogP) is 3.03. The minimum absolute atomic E-state index is 0.126. The second kappa shape index (κ2) is 5.16. The third-order valence-electron chi connectivity index (χ3n) is 3.76. The molecule has 0 amide bonds. The number of halogens is 3. The number of nitrogens with zero attached hydrogens (tertiary/aromatic N) is 1. The molecule has 1 saturated heterocycles. The average Bonchev–Trinajstić information content (AvgIpc) is 2.49. The molecule has 2 rings (SSSR count). The molecule has 3 nitrogen and oxygen atoms in total. The molecule has 1 aliphatic rings. The van der Waals surface area contributed by atoms with Crippen molar-refractivity contribution < 1.29 is 18.3 Å². The van der Waals surface area contributed by atoms with Gasteiger partial charge in [0, 0.05) is 13.1 Å². The van der Waals surface area contributed by atoms with Crippen molar-refractivity contribution in [2.75, 3.05) is 23.7 Å². The Hall–Kier alpha value is -1.43. The van der Waals surface area contributed by atoms with Crippen LogP contribution in [-0.4, -0.2) is 23.8 Å². The van der Waals surface area contributed by atoms with Crippen molar-refractivity contribution in [3.05, 3.63) is 23.8 Å². The van der Waals surface area contributed by atoms with Crippen LogP contribution in [-0.2, 0) is 6.18 Å². The molecule has 20 heavy (non-hydrogen) atoms. The molecule has 1 heterocycles. The Morgan fingerprint density at radius 1 is 1.25 bits per heavy atom. The van der Waals surface area contributed by atoms with Crippen LogP contribution in [0.25, 0.3) is 0 Å². The van der Waals surface area contributed by atoms with Gasteiger partial charge in [0.15, 0.2) is 0 Å². The summed E-state index contributed by atoms with van der Waals surface area (Å²) in [6, 6.07) is 3.44. The number of rotatable bonds is 1. The van der Waals surface area contributed by atoms with E-state index in [-0.39, 0.29) is 5.69 Å². The molecule has 0 radical (unpaired) electrons. The van der Waals surface area contributed by atoms with Crippen LogP contribution in [0.5, 0.6) is 0 Å². The van der Waals surface area contributed by atoms with Gasteiger partial charge in [-0.25, -0.2) is 0 Å². The molecule has 0 bridgehead atoms. The number of aliphatic hydroxyl groups is 1. The third kappa shape index (κ3) is 3.36. The lowest BCUT2D eigenvalue weighted by atomic mass is 9.98. The standard InChI is InChI=1S/C14H19F3N2O/c1-13(20)5-2-7-19(8-6-13)12-4-3-10(9-11(12)18)14(15,16)17/h3-4,9,20H,2,5-8,18H2,1H3. The van der Waals surface area contributed by atoms with E-state index >= 15 is 0 Å². The Morgan fingerprint density at radius 2 is 1.95 bits per heavy atom. The van der Waals surface area contributed by atoms with E-state index in [1.807, 2.05) is 4.90 Å². The molecule has 0 spiro atoms. The van der Waals surface area contributed by atoms with Crippen LogP contribution in [0.2, 0.25) is 0 Å². The highest BCUT2D eigenvalue weighted by Gasteiger charge is 2.31. The van der Waals surface area contributed by atoms with Crippen LogP contribution in [0.1, 0.15) is 31.7 Å². The number of hydrogen-bond donors (Lipinski definition) is 2. The normalized spacial score (nSPS) is 24.6. The molecule has 0 aliphatic carbocycles. The van der Waals surface area contributed by atoms with Crippen molar-refractivity contribution in [1.82, 2.24) is 0 Å². The molecule has 3 N–H and O–H groups in total. The lowest BCUT2D eigenvalue weighted by molar-refractivity contribution is -0.137. The van der Waals surface area contributed by atoms with E-state index in [0.29, 0.717) is 31.6 Å². The third-order valence-corrected chi connectivity index (χ3v) is 3.76. The second-order valence-electron chi connectivity index (χ2n) is 5.61. The number of benzene rings is 1. The highest BCUT2D eigenvalue weighted by atomic mass is 19.4. The van der Waals surface area contributed by atoms with E-state index in [0.717, 1.165) is 18.6 Å². The fraction of sp³-hybridized carbons (Fsp3) is 0.571. The fourth-order valence-corrected chi connectivity index (χ4v) is 2.52. The van der Waals surface area contributed by atoms with Gasteiger partial charge in [-0.05, 0) is 44.4 Å². The van der Waals surface area contributed by atoms with Crippen molar-refractivity contribution in [3.8, 4) is 0 Å². The molecule has 0 aromatic heterocycles. The van der Waals surface area contributed by atoms with Crippen molar-refractivity contribution in [3.63, 3.8) is 0 Å². The topological polar surface area (TPSA) is 49.5 Å². The summed E-state index contributed by atoms with van der Waals surface area (Å²) in [6.45, 7) is 3.06. The van der Waals surface area contributed by atoms with Gasteiger partial charge in [-0.15, -0.1) is 0 Å². The van der Waals surface area contributed by atoms with Gasteiger partial charge in [0.25, 0.3) is 0 Å². The highest BCUT2D eigenvalue weighted by Crippen LogP contribution is 2.35. The van der Waals surface area contributed by atoms with Crippen LogP contribution < -0.4 is 10.6 Å². The molecule has 1 aromatic carbocycles. The summed E-state index contributed by atoms with van der Waals surface area (Å²) in [6.07, 6.45) is -2.33.